The van der Waals surface area contributed by atoms with Crippen molar-refractivity contribution in [1.29, 1.82) is 0 Å². The average Bonchev–Trinajstić information content (AvgIpc) is 2.62. The van der Waals surface area contributed by atoms with Crippen LogP contribution in [0, 0.1) is 0 Å². The number of ether oxygens (including phenoxy) is 2. The van der Waals surface area contributed by atoms with Crippen LogP contribution in [0.3, 0.4) is 0 Å². The van der Waals surface area contributed by atoms with Crippen LogP contribution in [0.4, 0.5) is 5.69 Å². The zero-order valence-corrected chi connectivity index (χ0v) is 14.2. The van der Waals surface area contributed by atoms with Crippen molar-refractivity contribution >= 4 is 17.6 Å². The molecule has 1 amide bonds. The Labute approximate surface area is 146 Å². The van der Waals surface area contributed by atoms with Gasteiger partial charge in [0.15, 0.2) is 0 Å². The molecule has 0 fully saturated rings. The molecule has 0 bridgehead atoms. The minimum atomic E-state index is -1.08. The number of hydrogen-bond donors (Lipinski definition) is 2. The van der Waals surface area contributed by atoms with Gasteiger partial charge in [0.1, 0.15) is 11.5 Å². The molecule has 2 aromatic carbocycles. The third kappa shape index (κ3) is 4.97. The van der Waals surface area contributed by atoms with Gasteiger partial charge in [-0.25, -0.2) is 4.79 Å². The Bertz CT molecular complexity index is 757. The number of carboxylic acid groups (broad SMARTS) is 1. The molecule has 0 unspecified atom stereocenters. The Kier molecular flexibility index (Phi) is 6.39. The molecule has 2 N–H and O–H groups in total. The summed E-state index contributed by atoms with van der Waals surface area (Å²) >= 11 is 0. The minimum Gasteiger partial charge on any atom is -0.495 e. The molecule has 0 radical (unpaired) electrons. The van der Waals surface area contributed by atoms with Gasteiger partial charge in [0.2, 0.25) is 0 Å². The van der Waals surface area contributed by atoms with Crippen molar-refractivity contribution < 1.29 is 24.2 Å². The number of carbonyl (C=O) groups excluding carboxylic acids is 1. The van der Waals surface area contributed by atoms with Crippen LogP contribution in [0.5, 0.6) is 11.5 Å². The fourth-order valence-corrected chi connectivity index (χ4v) is 2.19. The van der Waals surface area contributed by atoms with Crippen LogP contribution in [0.1, 0.15) is 40.5 Å². The molecule has 0 aliphatic rings. The van der Waals surface area contributed by atoms with Gasteiger partial charge in [-0.05, 0) is 42.8 Å². The number of carbonyl (C=O) groups is 2. The highest BCUT2D eigenvalue weighted by Gasteiger charge is 2.13. The lowest BCUT2D eigenvalue weighted by Gasteiger charge is -2.12. The molecule has 0 aromatic heterocycles. The van der Waals surface area contributed by atoms with Crippen LogP contribution in [0.25, 0.3) is 0 Å². The van der Waals surface area contributed by atoms with Gasteiger partial charge < -0.3 is 19.9 Å². The van der Waals surface area contributed by atoms with E-state index in [9.17, 15) is 9.59 Å². The normalized spacial score (nSPS) is 10.2. The van der Waals surface area contributed by atoms with E-state index in [1.807, 2.05) is 0 Å². The predicted octanol–water partition coefficient (Wildman–Crippen LogP) is 3.82. The maximum absolute atomic E-state index is 12.5. The van der Waals surface area contributed by atoms with Crippen LogP contribution in [-0.2, 0) is 0 Å². The average molecular weight is 343 g/mol. The minimum absolute atomic E-state index is 0.0627. The summed E-state index contributed by atoms with van der Waals surface area (Å²) in [7, 11) is 1.45. The number of anilines is 1. The van der Waals surface area contributed by atoms with Gasteiger partial charge >= 0.3 is 5.97 Å². The number of nitrogens with one attached hydrogen (secondary N) is 1. The summed E-state index contributed by atoms with van der Waals surface area (Å²) in [6.45, 7) is 2.67. The number of amides is 1. The Morgan fingerprint density at radius 1 is 1.12 bits per heavy atom. The molecule has 0 aliphatic carbocycles. The summed E-state index contributed by atoms with van der Waals surface area (Å²) in [5, 5.41) is 11.8. The summed E-state index contributed by atoms with van der Waals surface area (Å²) in [4.78, 5) is 23.6. The second-order valence-corrected chi connectivity index (χ2v) is 5.40. The molecule has 2 rings (SSSR count). The van der Waals surface area contributed by atoms with Gasteiger partial charge in [0.25, 0.3) is 5.91 Å². The maximum atomic E-state index is 12.5. The molecule has 6 nitrogen and oxygen atoms in total. The second kappa shape index (κ2) is 8.73. The molecule has 0 heterocycles. The van der Waals surface area contributed by atoms with Crippen LogP contribution in [0.15, 0.2) is 42.5 Å². The van der Waals surface area contributed by atoms with E-state index >= 15 is 0 Å². The standard InChI is InChI=1S/C19H21NO5/c1-3-4-10-25-15-7-5-6-13(11-15)18(21)20-16-12-14(19(22)23)8-9-17(16)24-2/h5-9,11-12H,3-4,10H2,1-2H3,(H,20,21)(H,22,23). The van der Waals surface area contributed by atoms with E-state index in [-0.39, 0.29) is 11.5 Å². The largest absolute Gasteiger partial charge is 0.495 e. The Morgan fingerprint density at radius 2 is 1.92 bits per heavy atom. The molecule has 0 saturated heterocycles. The van der Waals surface area contributed by atoms with Gasteiger partial charge in [-0.3, -0.25) is 4.79 Å². The molecule has 0 aliphatic heterocycles. The van der Waals surface area contributed by atoms with Crippen LogP contribution >= 0.6 is 0 Å². The first-order valence-corrected chi connectivity index (χ1v) is 8.00. The van der Waals surface area contributed by atoms with E-state index < -0.39 is 5.97 Å². The number of benzene rings is 2. The van der Waals surface area contributed by atoms with Gasteiger partial charge in [0.05, 0.1) is 25.0 Å². The summed E-state index contributed by atoms with van der Waals surface area (Å²) in [6.07, 6.45) is 1.97. The first-order chi connectivity index (χ1) is 12.0. The van der Waals surface area contributed by atoms with Crippen molar-refractivity contribution in [3.63, 3.8) is 0 Å². The Hall–Kier alpha value is -3.02. The first kappa shape index (κ1) is 18.3. The van der Waals surface area contributed by atoms with Crippen LogP contribution < -0.4 is 14.8 Å². The molecular weight excluding hydrogens is 322 g/mol. The smallest absolute Gasteiger partial charge is 0.335 e. The molecule has 0 atom stereocenters. The van der Waals surface area contributed by atoms with Crippen LogP contribution in [-0.4, -0.2) is 30.7 Å². The number of aromatic carboxylic acids is 1. The van der Waals surface area contributed by atoms with E-state index in [0.29, 0.717) is 29.4 Å². The molecule has 6 heteroatoms. The van der Waals surface area contributed by atoms with E-state index in [2.05, 4.69) is 12.2 Å². The molecule has 2 aromatic rings. The zero-order chi connectivity index (χ0) is 18.2. The monoisotopic (exact) mass is 343 g/mol. The van der Waals surface area contributed by atoms with Gasteiger partial charge in [-0.15, -0.1) is 0 Å². The second-order valence-electron chi connectivity index (χ2n) is 5.40. The van der Waals surface area contributed by atoms with Gasteiger partial charge in [0, 0.05) is 5.56 Å². The van der Waals surface area contributed by atoms with Gasteiger partial charge in [-0.2, -0.15) is 0 Å². The highest BCUT2D eigenvalue weighted by Crippen LogP contribution is 2.26. The molecular formula is C19H21NO5. The fraction of sp³-hybridized carbons (Fsp3) is 0.263. The third-order valence-electron chi connectivity index (χ3n) is 3.56. The summed E-state index contributed by atoms with van der Waals surface area (Å²) in [6, 6.07) is 11.1. The summed E-state index contributed by atoms with van der Waals surface area (Å²) in [5.74, 6) is -0.452. The van der Waals surface area contributed by atoms with E-state index in [4.69, 9.17) is 14.6 Å². The molecule has 132 valence electrons. The van der Waals surface area contributed by atoms with Crippen molar-refractivity contribution in [3.8, 4) is 11.5 Å². The first-order valence-electron chi connectivity index (χ1n) is 8.00. The molecule has 25 heavy (non-hydrogen) atoms. The molecule has 0 saturated carbocycles. The maximum Gasteiger partial charge on any atom is 0.335 e. The SMILES string of the molecule is CCCCOc1cccc(C(=O)Nc2cc(C(=O)O)ccc2OC)c1. The quantitative estimate of drug-likeness (QED) is 0.712. The third-order valence-corrected chi connectivity index (χ3v) is 3.56. The van der Waals surface area contributed by atoms with E-state index in [1.165, 1.54) is 25.3 Å². The highest BCUT2D eigenvalue weighted by atomic mass is 16.5. The van der Waals surface area contributed by atoms with Crippen LogP contribution in [0.2, 0.25) is 0 Å². The van der Waals surface area contributed by atoms with Crippen molar-refractivity contribution in [3.05, 3.63) is 53.6 Å². The fourth-order valence-electron chi connectivity index (χ4n) is 2.19. The number of unbranched alkanes of at least 4 members (excludes halogenated alkanes) is 1. The number of methoxy groups -OCH3 is 1. The van der Waals surface area contributed by atoms with Crippen molar-refractivity contribution in [2.75, 3.05) is 19.0 Å². The highest BCUT2D eigenvalue weighted by molar-refractivity contribution is 6.05. The van der Waals surface area contributed by atoms with E-state index in [0.717, 1.165) is 12.8 Å². The van der Waals surface area contributed by atoms with Crippen molar-refractivity contribution in [1.82, 2.24) is 0 Å². The summed E-state index contributed by atoms with van der Waals surface area (Å²) < 4.78 is 10.8. The number of hydrogen-bond acceptors (Lipinski definition) is 4. The zero-order valence-electron chi connectivity index (χ0n) is 14.2. The van der Waals surface area contributed by atoms with Crippen molar-refractivity contribution in [2.45, 2.75) is 19.8 Å². The lowest BCUT2D eigenvalue weighted by atomic mass is 10.1. The summed E-state index contributed by atoms with van der Waals surface area (Å²) in [5.41, 5.74) is 0.772. The number of carboxylic acids is 1. The van der Waals surface area contributed by atoms with Crippen molar-refractivity contribution in [2.24, 2.45) is 0 Å². The lowest BCUT2D eigenvalue weighted by Crippen LogP contribution is -2.13. The number of rotatable bonds is 8. The van der Waals surface area contributed by atoms with E-state index in [1.54, 1.807) is 24.3 Å². The molecule has 0 spiro atoms. The van der Waals surface area contributed by atoms with Gasteiger partial charge in [-0.1, -0.05) is 19.4 Å². The predicted molar refractivity (Wildman–Crippen MR) is 94.8 cm³/mol. The lowest BCUT2D eigenvalue weighted by molar-refractivity contribution is 0.0696. The Morgan fingerprint density at radius 3 is 2.60 bits per heavy atom. The Balaban J connectivity index is 2.17. The topological polar surface area (TPSA) is 84.9 Å².